The zero-order valence-electron chi connectivity index (χ0n) is 20.7. The molecule has 6 N–H and O–H groups in total. The summed E-state index contributed by atoms with van der Waals surface area (Å²) in [4.78, 5) is 12.6. The van der Waals surface area contributed by atoms with E-state index in [4.69, 9.17) is 23.7 Å². The van der Waals surface area contributed by atoms with Crippen LogP contribution < -0.4 is 4.74 Å². The highest BCUT2D eigenvalue weighted by atomic mass is 16.7. The molecule has 1 heterocycles. The molecule has 1 saturated carbocycles. The summed E-state index contributed by atoms with van der Waals surface area (Å²) in [5, 5.41) is 70.5. The molecule has 0 amide bonds. The minimum absolute atomic E-state index is 0.0562. The van der Waals surface area contributed by atoms with Gasteiger partial charge in [-0.25, -0.2) is 4.79 Å². The molecule has 0 bridgehead atoms. The summed E-state index contributed by atoms with van der Waals surface area (Å²) < 4.78 is 26.9. The number of methoxy groups -OCH3 is 2. The van der Waals surface area contributed by atoms with E-state index in [-0.39, 0.29) is 23.5 Å². The van der Waals surface area contributed by atoms with Crippen LogP contribution in [0.25, 0.3) is 6.08 Å². The normalized spacial score (nSPS) is 34.7. The van der Waals surface area contributed by atoms with Gasteiger partial charge in [-0.05, 0) is 23.8 Å². The second-order valence-corrected chi connectivity index (χ2v) is 8.72. The van der Waals surface area contributed by atoms with Crippen molar-refractivity contribution in [3.63, 3.8) is 0 Å². The zero-order chi connectivity index (χ0) is 28.0. The van der Waals surface area contributed by atoms with E-state index in [0.29, 0.717) is 5.56 Å². The summed E-state index contributed by atoms with van der Waals surface area (Å²) in [5.74, 6) is -0.873. The minimum atomic E-state index is -1.74. The average molecular weight is 538 g/mol. The number of carbonyl (C=O) groups is 1. The van der Waals surface area contributed by atoms with Crippen LogP contribution in [0, 0.1) is 11.3 Å². The number of aromatic hydroxyl groups is 1. The topological polar surface area (TPSA) is 208 Å². The average Bonchev–Trinajstić information content (AvgIpc) is 2.90. The van der Waals surface area contributed by atoms with E-state index in [1.807, 2.05) is 0 Å². The minimum Gasteiger partial charge on any atom is -0.504 e. The summed E-state index contributed by atoms with van der Waals surface area (Å²) in [7, 11) is 2.65. The molecule has 9 atom stereocenters. The first-order chi connectivity index (χ1) is 18.1. The number of esters is 1. The molecule has 38 heavy (non-hydrogen) atoms. The first kappa shape index (κ1) is 29.5. The Balaban J connectivity index is 1.82. The van der Waals surface area contributed by atoms with Gasteiger partial charge >= 0.3 is 5.97 Å². The number of allylic oxidation sites excluding steroid dienone is 1. The van der Waals surface area contributed by atoms with E-state index in [1.54, 1.807) is 6.07 Å². The third-order valence-corrected chi connectivity index (χ3v) is 6.35. The highest BCUT2D eigenvalue weighted by Crippen LogP contribution is 2.33. The number of hydrogen-bond acceptors (Lipinski definition) is 13. The number of aliphatic hydroxyl groups is 5. The Labute approximate surface area is 218 Å². The number of phenolic OH excluding ortho intramolecular Hbond substituents is 1. The molecule has 1 aliphatic carbocycles. The first-order valence-electron chi connectivity index (χ1n) is 11.7. The lowest BCUT2D eigenvalue weighted by molar-refractivity contribution is -0.314. The molecule has 1 aromatic rings. The van der Waals surface area contributed by atoms with Crippen molar-refractivity contribution in [2.24, 2.45) is 0 Å². The van der Waals surface area contributed by atoms with Gasteiger partial charge in [0, 0.05) is 31.3 Å². The predicted molar refractivity (Wildman–Crippen MR) is 127 cm³/mol. The second kappa shape index (κ2) is 13.1. The summed E-state index contributed by atoms with van der Waals surface area (Å²) in [6.07, 6.45) is -9.36. The third kappa shape index (κ3) is 6.49. The van der Waals surface area contributed by atoms with Gasteiger partial charge in [-0.15, -0.1) is 0 Å². The van der Waals surface area contributed by atoms with E-state index >= 15 is 0 Å². The maximum atomic E-state index is 12.6. The van der Waals surface area contributed by atoms with Gasteiger partial charge < -0.3 is 54.3 Å². The van der Waals surface area contributed by atoms with Crippen LogP contribution in [0.1, 0.15) is 12.0 Å². The molecule has 2 fully saturated rings. The largest absolute Gasteiger partial charge is 0.504 e. The fraction of sp³-hybridized carbons (Fsp3) is 0.520. The van der Waals surface area contributed by atoms with Gasteiger partial charge in [-0.2, -0.15) is 5.26 Å². The van der Waals surface area contributed by atoms with Crippen LogP contribution in [-0.2, 0) is 23.7 Å². The lowest BCUT2D eigenvalue weighted by Crippen LogP contribution is -2.61. The van der Waals surface area contributed by atoms with Crippen molar-refractivity contribution in [1.29, 1.82) is 5.26 Å². The number of rotatable bonds is 8. The van der Waals surface area contributed by atoms with Gasteiger partial charge in [0.15, 0.2) is 23.9 Å². The first-order valence-corrected chi connectivity index (χ1v) is 11.7. The van der Waals surface area contributed by atoms with Gasteiger partial charge in [-0.3, -0.25) is 0 Å². The van der Waals surface area contributed by atoms with Crippen LogP contribution in [0.2, 0.25) is 0 Å². The van der Waals surface area contributed by atoms with Crippen LogP contribution in [-0.4, -0.2) is 113 Å². The second-order valence-electron chi connectivity index (χ2n) is 8.72. The number of nitriles is 1. The van der Waals surface area contributed by atoms with Crippen LogP contribution in [0.4, 0.5) is 0 Å². The standard InChI is InChI=1S/C25H31NO12/c1-34-17-9-12(3-5-14(17)28)4-6-19(30)38-24-22(33)21(32)18(11-27)37-25(24)36-16-10-15(29)23(35-2)20(31)13(16)7-8-26/h3-7,9,15-16,18,20-25,27-29,31-33H,10-11H2,1-2H3. The number of ether oxygens (including phenoxy) is 5. The van der Waals surface area contributed by atoms with Crippen molar-refractivity contribution in [3.8, 4) is 17.6 Å². The van der Waals surface area contributed by atoms with Crippen molar-refractivity contribution in [2.45, 2.75) is 61.5 Å². The monoisotopic (exact) mass is 537 g/mol. The number of benzene rings is 1. The summed E-state index contributed by atoms with van der Waals surface area (Å²) >= 11 is 0. The highest BCUT2D eigenvalue weighted by molar-refractivity contribution is 5.87. The van der Waals surface area contributed by atoms with Crippen LogP contribution >= 0.6 is 0 Å². The van der Waals surface area contributed by atoms with E-state index in [9.17, 15) is 40.7 Å². The van der Waals surface area contributed by atoms with Crippen molar-refractivity contribution in [1.82, 2.24) is 0 Å². The van der Waals surface area contributed by atoms with Gasteiger partial charge in [0.1, 0.15) is 30.5 Å². The number of aliphatic hydroxyl groups excluding tert-OH is 5. The number of hydrogen-bond donors (Lipinski definition) is 6. The quantitative estimate of drug-likeness (QED) is 0.130. The van der Waals surface area contributed by atoms with Crippen LogP contribution in [0.5, 0.6) is 11.5 Å². The Morgan fingerprint density at radius 2 is 1.92 bits per heavy atom. The lowest BCUT2D eigenvalue weighted by atomic mass is 9.84. The molecule has 0 spiro atoms. The molecule has 1 saturated heterocycles. The van der Waals surface area contributed by atoms with E-state index in [2.05, 4.69) is 0 Å². The van der Waals surface area contributed by atoms with Crippen molar-refractivity contribution >= 4 is 12.0 Å². The summed E-state index contributed by atoms with van der Waals surface area (Å²) in [6.45, 7) is -0.704. The summed E-state index contributed by atoms with van der Waals surface area (Å²) in [6, 6.07) is 6.13. The molecular formula is C25H31NO12. The van der Waals surface area contributed by atoms with Crippen molar-refractivity contribution in [3.05, 3.63) is 41.5 Å². The summed E-state index contributed by atoms with van der Waals surface area (Å²) in [5.41, 5.74) is 0.537. The Bertz CT molecular complexity index is 1070. The van der Waals surface area contributed by atoms with E-state index in [1.165, 1.54) is 38.5 Å². The highest BCUT2D eigenvalue weighted by Gasteiger charge is 2.50. The zero-order valence-corrected chi connectivity index (χ0v) is 20.7. The van der Waals surface area contributed by atoms with Gasteiger partial charge in [-0.1, -0.05) is 6.07 Å². The van der Waals surface area contributed by atoms with Crippen molar-refractivity contribution < 1.29 is 59.1 Å². The molecule has 1 aromatic carbocycles. The Hall–Kier alpha value is -3.06. The van der Waals surface area contributed by atoms with Crippen LogP contribution in [0.15, 0.2) is 35.9 Å². The molecule has 3 rings (SSSR count). The maximum absolute atomic E-state index is 12.6. The molecule has 13 heteroatoms. The Morgan fingerprint density at radius 3 is 2.55 bits per heavy atom. The molecule has 208 valence electrons. The van der Waals surface area contributed by atoms with E-state index in [0.717, 1.165) is 12.2 Å². The fourth-order valence-electron chi connectivity index (χ4n) is 4.34. The number of phenols is 1. The van der Waals surface area contributed by atoms with Gasteiger partial charge in [0.2, 0.25) is 0 Å². The fourth-order valence-corrected chi connectivity index (χ4v) is 4.34. The molecule has 0 radical (unpaired) electrons. The SMILES string of the molecule is COc1cc(C=CC(=O)OC2C(OC3CC(O)C(OC)C(O)C3=CC#N)OC(CO)C(O)C2O)ccc1O. The molecular weight excluding hydrogens is 506 g/mol. The number of nitrogens with zero attached hydrogens (tertiary/aromatic N) is 1. The lowest BCUT2D eigenvalue weighted by Gasteiger charge is -2.44. The maximum Gasteiger partial charge on any atom is 0.331 e. The Kier molecular flexibility index (Phi) is 10.2. The van der Waals surface area contributed by atoms with Gasteiger partial charge in [0.25, 0.3) is 0 Å². The molecule has 0 aromatic heterocycles. The smallest absolute Gasteiger partial charge is 0.331 e. The van der Waals surface area contributed by atoms with E-state index < -0.39 is 67.7 Å². The molecule has 13 nitrogen and oxygen atoms in total. The predicted octanol–water partition coefficient (Wildman–Crippen LogP) is -1.26. The Morgan fingerprint density at radius 1 is 1.18 bits per heavy atom. The van der Waals surface area contributed by atoms with Gasteiger partial charge in [0.05, 0.1) is 32.0 Å². The van der Waals surface area contributed by atoms with Crippen molar-refractivity contribution in [2.75, 3.05) is 20.8 Å². The molecule has 1 aliphatic heterocycles. The molecule has 2 aliphatic rings. The third-order valence-electron chi connectivity index (χ3n) is 6.35. The van der Waals surface area contributed by atoms with Crippen LogP contribution in [0.3, 0.4) is 0 Å². The number of carbonyl (C=O) groups excluding carboxylic acids is 1. The molecule has 9 unspecified atom stereocenters.